The molecule has 0 amide bonds. The summed E-state index contributed by atoms with van der Waals surface area (Å²) < 4.78 is 16.4. The molecular weight excluding hydrogens is 325 g/mol. The Morgan fingerprint density at radius 1 is 0.706 bits per heavy atom. The lowest BCUT2D eigenvalue weighted by molar-refractivity contribution is 0.157. The number of rotatable bonds is 12. The van der Waals surface area contributed by atoms with Gasteiger partial charge in [0, 0.05) is 17.6 Å². The molecule has 0 aliphatic rings. The molecule has 0 saturated heterocycles. The summed E-state index contributed by atoms with van der Waals surface area (Å²) in [5, 5.41) is 0. The van der Waals surface area contributed by atoms with Crippen LogP contribution in [0, 0.1) is 0 Å². The normalized spacial score (nSPS) is 11.9. The van der Waals surface area contributed by atoms with E-state index in [1.165, 1.54) is 0 Å². The molecule has 0 bridgehead atoms. The molecule has 0 aromatic carbocycles. The first-order chi connectivity index (χ1) is 8.18. The Hall–Kier alpha value is 1.40. The zero-order valence-electron chi connectivity index (χ0n) is 9.58. The molecule has 0 aliphatic carbocycles. The third-order valence-electron chi connectivity index (χ3n) is 1.58. The van der Waals surface area contributed by atoms with Gasteiger partial charge >= 0.3 is 6.72 Å². The maximum atomic E-state index is 5.57. The van der Waals surface area contributed by atoms with Crippen molar-refractivity contribution >= 4 is 53.3 Å². The quantitative estimate of drug-likeness (QED) is 0.302. The first-order valence-electron chi connectivity index (χ1n) is 5.40. The number of hydrogen-bond acceptors (Lipinski definition) is 4. The van der Waals surface area contributed by atoms with Gasteiger partial charge in [0.15, 0.2) is 0 Å². The van der Waals surface area contributed by atoms with E-state index in [2.05, 4.69) is 0 Å². The zero-order chi connectivity index (χ0) is 13.0. The second-order valence-corrected chi connectivity index (χ2v) is 7.22. The van der Waals surface area contributed by atoms with Crippen LogP contribution in [0.5, 0.6) is 0 Å². The molecular formula is C9H18Cl3O3PS. The summed E-state index contributed by atoms with van der Waals surface area (Å²) in [6, 6.07) is 0. The summed E-state index contributed by atoms with van der Waals surface area (Å²) in [7, 11) is 0. The first kappa shape index (κ1) is 18.4. The van der Waals surface area contributed by atoms with Crippen LogP contribution in [0.15, 0.2) is 0 Å². The summed E-state index contributed by atoms with van der Waals surface area (Å²) in [6.45, 7) is -1.31. The molecule has 0 aromatic heterocycles. The highest BCUT2D eigenvalue weighted by Crippen LogP contribution is 2.50. The summed E-state index contributed by atoms with van der Waals surface area (Å²) in [4.78, 5) is 0. The van der Waals surface area contributed by atoms with Crippen molar-refractivity contribution in [2.24, 2.45) is 0 Å². The number of alkyl halides is 3. The molecule has 3 nitrogen and oxygen atoms in total. The molecule has 104 valence electrons. The van der Waals surface area contributed by atoms with E-state index in [4.69, 9.17) is 60.2 Å². The molecule has 8 heteroatoms. The molecule has 0 heterocycles. The van der Waals surface area contributed by atoms with Crippen molar-refractivity contribution in [1.29, 1.82) is 0 Å². The number of halogens is 3. The van der Waals surface area contributed by atoms with E-state index in [1.807, 2.05) is 0 Å². The topological polar surface area (TPSA) is 27.7 Å². The van der Waals surface area contributed by atoms with Crippen molar-refractivity contribution < 1.29 is 13.6 Å². The fraction of sp³-hybridized carbons (Fsp3) is 1.00. The van der Waals surface area contributed by atoms with Crippen LogP contribution in [0.3, 0.4) is 0 Å². The Labute approximate surface area is 123 Å². The van der Waals surface area contributed by atoms with E-state index < -0.39 is 6.72 Å². The fourth-order valence-electron chi connectivity index (χ4n) is 0.805. The summed E-state index contributed by atoms with van der Waals surface area (Å²) in [5.74, 6) is 1.58. The maximum absolute atomic E-state index is 5.57. The van der Waals surface area contributed by atoms with Crippen molar-refractivity contribution in [3.63, 3.8) is 0 Å². The second-order valence-electron chi connectivity index (χ2n) is 3.07. The molecule has 0 spiro atoms. The maximum Gasteiger partial charge on any atom is 0.327 e. The van der Waals surface area contributed by atoms with Crippen LogP contribution in [0.25, 0.3) is 0 Å². The molecule has 0 aromatic rings. The van der Waals surface area contributed by atoms with E-state index in [9.17, 15) is 0 Å². The minimum atomic E-state index is -2.65. The SMILES string of the molecule is S=P(OCCCCl)(OCCCCl)OCCCCl. The standard InChI is InChI=1S/C9H18Cl3O3PS/c10-4-1-7-13-16(17,14-8-2-5-11)15-9-3-6-12/h1-9H2. The third-order valence-corrected chi connectivity index (χ3v) is 4.83. The van der Waals surface area contributed by atoms with Crippen LogP contribution in [-0.4, -0.2) is 37.5 Å². The van der Waals surface area contributed by atoms with Gasteiger partial charge in [-0.15, -0.1) is 34.8 Å². The van der Waals surface area contributed by atoms with E-state index in [1.54, 1.807) is 0 Å². The Balaban J connectivity index is 4.00. The van der Waals surface area contributed by atoms with Gasteiger partial charge in [0.25, 0.3) is 0 Å². The molecule has 0 radical (unpaired) electrons. The molecule has 0 rings (SSSR count). The van der Waals surface area contributed by atoms with Crippen LogP contribution in [0.1, 0.15) is 19.3 Å². The summed E-state index contributed by atoms with van der Waals surface area (Å²) in [6.07, 6.45) is 2.16. The summed E-state index contributed by atoms with van der Waals surface area (Å²) >= 11 is 22.0. The molecule has 0 saturated carbocycles. The van der Waals surface area contributed by atoms with Gasteiger partial charge in [-0.1, -0.05) is 0 Å². The van der Waals surface area contributed by atoms with Crippen molar-refractivity contribution in [2.45, 2.75) is 19.3 Å². The van der Waals surface area contributed by atoms with Crippen LogP contribution in [0.2, 0.25) is 0 Å². The van der Waals surface area contributed by atoms with Gasteiger partial charge in [-0.2, -0.15) is 0 Å². The van der Waals surface area contributed by atoms with Gasteiger partial charge < -0.3 is 13.6 Å². The molecule has 17 heavy (non-hydrogen) atoms. The molecule has 0 N–H and O–H groups in total. The van der Waals surface area contributed by atoms with Gasteiger partial charge in [-0.3, -0.25) is 0 Å². The molecule has 0 unspecified atom stereocenters. The molecule has 0 fully saturated rings. The van der Waals surface area contributed by atoms with E-state index in [0.29, 0.717) is 37.5 Å². The highest BCUT2D eigenvalue weighted by Gasteiger charge is 2.20. The van der Waals surface area contributed by atoms with Gasteiger partial charge in [0.05, 0.1) is 19.8 Å². The Kier molecular flexibility index (Phi) is 13.5. The second kappa shape index (κ2) is 12.4. The smallest absolute Gasteiger partial charge is 0.309 e. The average Bonchev–Trinajstić information content (AvgIpc) is 2.30. The lowest BCUT2D eigenvalue weighted by atomic mass is 10.5. The van der Waals surface area contributed by atoms with Gasteiger partial charge in [-0.25, -0.2) is 0 Å². The van der Waals surface area contributed by atoms with Crippen LogP contribution in [0.4, 0.5) is 0 Å². The third kappa shape index (κ3) is 11.0. The monoisotopic (exact) mass is 342 g/mol. The summed E-state index contributed by atoms with van der Waals surface area (Å²) in [5.41, 5.74) is 0. The van der Waals surface area contributed by atoms with E-state index in [0.717, 1.165) is 19.3 Å². The van der Waals surface area contributed by atoms with Crippen LogP contribution < -0.4 is 0 Å². The molecule has 0 aliphatic heterocycles. The van der Waals surface area contributed by atoms with Gasteiger partial charge in [0.1, 0.15) is 0 Å². The van der Waals surface area contributed by atoms with Crippen molar-refractivity contribution in [3.05, 3.63) is 0 Å². The lowest BCUT2D eigenvalue weighted by Crippen LogP contribution is -2.04. The van der Waals surface area contributed by atoms with Gasteiger partial charge in [0.2, 0.25) is 0 Å². The van der Waals surface area contributed by atoms with Gasteiger partial charge in [-0.05, 0) is 31.1 Å². The largest absolute Gasteiger partial charge is 0.327 e. The van der Waals surface area contributed by atoms with Crippen molar-refractivity contribution in [2.75, 3.05) is 37.5 Å². The minimum Gasteiger partial charge on any atom is -0.309 e. The Morgan fingerprint density at radius 2 is 1.00 bits per heavy atom. The van der Waals surface area contributed by atoms with Crippen molar-refractivity contribution in [1.82, 2.24) is 0 Å². The van der Waals surface area contributed by atoms with E-state index in [-0.39, 0.29) is 0 Å². The van der Waals surface area contributed by atoms with E-state index >= 15 is 0 Å². The predicted molar refractivity (Wildman–Crippen MR) is 78.2 cm³/mol. The lowest BCUT2D eigenvalue weighted by Gasteiger charge is -2.21. The average molecular weight is 344 g/mol. The fourth-order valence-corrected chi connectivity index (χ4v) is 3.08. The predicted octanol–water partition coefficient (Wildman–Crippen LogP) is 4.15. The number of hydrogen-bond donors (Lipinski definition) is 0. The first-order valence-corrected chi connectivity index (χ1v) is 9.56. The molecule has 0 atom stereocenters. The van der Waals surface area contributed by atoms with Crippen LogP contribution in [-0.2, 0) is 25.4 Å². The highest BCUT2D eigenvalue weighted by molar-refractivity contribution is 8.07. The van der Waals surface area contributed by atoms with Crippen molar-refractivity contribution in [3.8, 4) is 0 Å². The Bertz CT molecular complexity index is 188. The zero-order valence-corrected chi connectivity index (χ0v) is 13.6. The minimum absolute atomic E-state index is 0.447. The Morgan fingerprint density at radius 3 is 1.24 bits per heavy atom. The van der Waals surface area contributed by atoms with Crippen LogP contribution >= 0.6 is 41.5 Å². The highest BCUT2D eigenvalue weighted by atomic mass is 35.5.